The molecule has 0 bridgehead atoms. The largest absolute Gasteiger partial charge is 0.416 e. The van der Waals surface area contributed by atoms with Crippen LogP contribution in [0.3, 0.4) is 0 Å². The highest BCUT2D eigenvalue weighted by molar-refractivity contribution is 5.97. The van der Waals surface area contributed by atoms with Crippen molar-refractivity contribution in [3.8, 4) is 0 Å². The Morgan fingerprint density at radius 3 is 2.42 bits per heavy atom. The quantitative estimate of drug-likeness (QED) is 0.685. The lowest BCUT2D eigenvalue weighted by atomic mass is 10.1. The third kappa shape index (κ3) is 3.55. The SMILES string of the molecule is NC1(O)C=CN=C(Nc2ccc(C(F)(F)F)cc2)C1. The Hall–Kier alpha value is -1.86. The maximum Gasteiger partial charge on any atom is 0.416 e. The molecule has 0 saturated carbocycles. The molecule has 7 heteroatoms. The molecule has 0 amide bonds. The van der Waals surface area contributed by atoms with E-state index in [1.165, 1.54) is 24.4 Å². The molecule has 1 unspecified atom stereocenters. The van der Waals surface area contributed by atoms with E-state index in [1.54, 1.807) is 0 Å². The van der Waals surface area contributed by atoms with Gasteiger partial charge in [-0.15, -0.1) is 0 Å². The number of aliphatic hydroxyl groups is 1. The molecule has 1 aromatic rings. The van der Waals surface area contributed by atoms with Gasteiger partial charge in [-0.05, 0) is 30.3 Å². The number of anilines is 1. The lowest BCUT2D eigenvalue weighted by Gasteiger charge is -2.23. The number of aliphatic imine (C=N–C) groups is 1. The van der Waals surface area contributed by atoms with Gasteiger partial charge in [0, 0.05) is 11.9 Å². The van der Waals surface area contributed by atoms with Gasteiger partial charge in [-0.25, -0.2) is 4.99 Å². The predicted molar refractivity (Wildman–Crippen MR) is 65.4 cm³/mol. The maximum absolute atomic E-state index is 12.4. The van der Waals surface area contributed by atoms with Crippen LogP contribution in [0, 0.1) is 0 Å². The molecular formula is C12H12F3N3O. The first-order valence-electron chi connectivity index (χ1n) is 5.46. The Labute approximate surface area is 107 Å². The van der Waals surface area contributed by atoms with Gasteiger partial charge < -0.3 is 10.4 Å². The highest BCUT2D eigenvalue weighted by Crippen LogP contribution is 2.29. The maximum atomic E-state index is 12.4. The molecular weight excluding hydrogens is 259 g/mol. The first kappa shape index (κ1) is 13.6. The van der Waals surface area contributed by atoms with Gasteiger partial charge in [0.05, 0.1) is 12.0 Å². The van der Waals surface area contributed by atoms with E-state index < -0.39 is 17.5 Å². The average molecular weight is 271 g/mol. The number of alkyl halides is 3. The molecule has 0 fully saturated rings. The molecule has 0 aliphatic carbocycles. The summed E-state index contributed by atoms with van der Waals surface area (Å²) in [6, 6.07) is 4.52. The second-order valence-electron chi connectivity index (χ2n) is 4.26. The Balaban J connectivity index is 2.09. The number of amidine groups is 1. The topological polar surface area (TPSA) is 70.6 Å². The summed E-state index contributed by atoms with van der Waals surface area (Å²) in [4.78, 5) is 3.95. The van der Waals surface area contributed by atoms with E-state index in [0.717, 1.165) is 12.1 Å². The van der Waals surface area contributed by atoms with Crippen molar-refractivity contribution in [3.05, 3.63) is 42.1 Å². The standard InChI is InChI=1S/C12H12F3N3O/c13-12(14,15)8-1-3-9(4-2-8)18-10-7-11(16,19)5-6-17-10/h1-6,19H,7,16H2,(H,17,18). The molecule has 0 spiro atoms. The van der Waals surface area contributed by atoms with E-state index in [2.05, 4.69) is 10.3 Å². The van der Waals surface area contributed by atoms with E-state index in [4.69, 9.17) is 5.73 Å². The molecule has 1 aromatic carbocycles. The number of rotatable bonds is 1. The summed E-state index contributed by atoms with van der Waals surface area (Å²) in [5, 5.41) is 12.4. The summed E-state index contributed by atoms with van der Waals surface area (Å²) in [6.07, 6.45) is -1.62. The van der Waals surface area contributed by atoms with Gasteiger partial charge in [0.1, 0.15) is 11.6 Å². The number of hydrogen-bond donors (Lipinski definition) is 3. The van der Waals surface area contributed by atoms with Gasteiger partial charge >= 0.3 is 6.18 Å². The van der Waals surface area contributed by atoms with Gasteiger partial charge in [-0.1, -0.05) is 0 Å². The van der Waals surface area contributed by atoms with Gasteiger partial charge in [0.15, 0.2) is 0 Å². The smallest absolute Gasteiger partial charge is 0.372 e. The van der Waals surface area contributed by atoms with Crippen molar-refractivity contribution >= 4 is 11.5 Å². The molecule has 1 aliphatic heterocycles. The number of halogens is 3. The van der Waals surface area contributed by atoms with Crippen LogP contribution < -0.4 is 11.1 Å². The van der Waals surface area contributed by atoms with Crippen molar-refractivity contribution in [1.82, 2.24) is 0 Å². The molecule has 4 N–H and O–H groups in total. The lowest BCUT2D eigenvalue weighted by molar-refractivity contribution is -0.137. The fraction of sp³-hybridized carbons (Fsp3) is 0.250. The van der Waals surface area contributed by atoms with Crippen LogP contribution in [-0.2, 0) is 6.18 Å². The van der Waals surface area contributed by atoms with Crippen molar-refractivity contribution in [2.24, 2.45) is 10.7 Å². The monoisotopic (exact) mass is 271 g/mol. The van der Waals surface area contributed by atoms with E-state index in [1.807, 2.05) is 0 Å². The van der Waals surface area contributed by atoms with Crippen LogP contribution in [0.5, 0.6) is 0 Å². The second kappa shape index (κ2) is 4.67. The second-order valence-corrected chi connectivity index (χ2v) is 4.26. The molecule has 4 nitrogen and oxygen atoms in total. The van der Waals surface area contributed by atoms with Crippen LogP contribution in [0.1, 0.15) is 12.0 Å². The third-order valence-electron chi connectivity index (χ3n) is 2.55. The first-order valence-corrected chi connectivity index (χ1v) is 5.46. The number of benzene rings is 1. The third-order valence-corrected chi connectivity index (χ3v) is 2.55. The summed E-state index contributed by atoms with van der Waals surface area (Å²) in [5.41, 5.74) is 3.73. The van der Waals surface area contributed by atoms with E-state index >= 15 is 0 Å². The zero-order chi connectivity index (χ0) is 14.1. The Bertz CT molecular complexity index is 518. The molecule has 19 heavy (non-hydrogen) atoms. The first-order chi connectivity index (χ1) is 8.76. The van der Waals surface area contributed by atoms with Crippen molar-refractivity contribution in [2.45, 2.75) is 18.3 Å². The molecule has 0 aromatic heterocycles. The minimum Gasteiger partial charge on any atom is -0.372 e. The van der Waals surface area contributed by atoms with Gasteiger partial charge in [0.25, 0.3) is 0 Å². The van der Waals surface area contributed by atoms with Crippen molar-refractivity contribution in [3.63, 3.8) is 0 Å². The zero-order valence-corrected chi connectivity index (χ0v) is 9.78. The average Bonchev–Trinajstić information content (AvgIpc) is 2.27. The Morgan fingerprint density at radius 2 is 1.89 bits per heavy atom. The highest BCUT2D eigenvalue weighted by Gasteiger charge is 2.30. The predicted octanol–water partition coefficient (Wildman–Crippen LogP) is 2.08. The molecule has 102 valence electrons. The summed E-state index contributed by atoms with van der Waals surface area (Å²) < 4.78 is 37.1. The molecule has 0 radical (unpaired) electrons. The van der Waals surface area contributed by atoms with E-state index in [-0.39, 0.29) is 6.42 Å². The van der Waals surface area contributed by atoms with Crippen molar-refractivity contribution in [2.75, 3.05) is 5.32 Å². The number of nitrogens with one attached hydrogen (secondary N) is 1. The van der Waals surface area contributed by atoms with Crippen molar-refractivity contribution in [1.29, 1.82) is 0 Å². The van der Waals surface area contributed by atoms with Crippen LogP contribution in [0.15, 0.2) is 41.5 Å². The summed E-state index contributed by atoms with van der Waals surface area (Å²) in [5.74, 6) is 0.382. The molecule has 1 atom stereocenters. The number of nitrogens with two attached hydrogens (primary N) is 1. The molecule has 2 rings (SSSR count). The number of hydrogen-bond acceptors (Lipinski definition) is 4. The Morgan fingerprint density at radius 1 is 1.26 bits per heavy atom. The van der Waals surface area contributed by atoms with E-state index in [9.17, 15) is 18.3 Å². The fourth-order valence-corrected chi connectivity index (χ4v) is 1.61. The van der Waals surface area contributed by atoms with Crippen LogP contribution in [0.2, 0.25) is 0 Å². The number of nitrogens with zero attached hydrogens (tertiary/aromatic N) is 1. The highest BCUT2D eigenvalue weighted by atomic mass is 19.4. The van der Waals surface area contributed by atoms with Gasteiger partial charge in [-0.3, -0.25) is 5.73 Å². The molecule has 0 saturated heterocycles. The van der Waals surface area contributed by atoms with Gasteiger partial charge in [0.2, 0.25) is 0 Å². The van der Waals surface area contributed by atoms with Crippen molar-refractivity contribution < 1.29 is 18.3 Å². The van der Waals surface area contributed by atoms with E-state index in [0.29, 0.717) is 11.5 Å². The van der Waals surface area contributed by atoms with Crippen LogP contribution in [0.25, 0.3) is 0 Å². The van der Waals surface area contributed by atoms with Crippen LogP contribution in [-0.4, -0.2) is 16.7 Å². The zero-order valence-electron chi connectivity index (χ0n) is 9.78. The van der Waals surface area contributed by atoms with Gasteiger partial charge in [-0.2, -0.15) is 13.2 Å². The lowest BCUT2D eigenvalue weighted by Crippen LogP contribution is -2.42. The molecule has 1 heterocycles. The Kier molecular flexibility index (Phi) is 3.34. The normalized spacial score (nSPS) is 23.1. The fourth-order valence-electron chi connectivity index (χ4n) is 1.61. The molecule has 1 aliphatic rings. The summed E-state index contributed by atoms with van der Waals surface area (Å²) in [6.45, 7) is 0. The van der Waals surface area contributed by atoms with Crippen LogP contribution in [0.4, 0.5) is 18.9 Å². The minimum atomic E-state index is -4.36. The summed E-state index contributed by atoms with van der Waals surface area (Å²) >= 11 is 0. The van der Waals surface area contributed by atoms with Crippen LogP contribution >= 0.6 is 0 Å². The summed E-state index contributed by atoms with van der Waals surface area (Å²) in [7, 11) is 0. The minimum absolute atomic E-state index is 0.0600.